The van der Waals surface area contributed by atoms with E-state index in [9.17, 15) is 4.79 Å². The van der Waals surface area contributed by atoms with Crippen molar-refractivity contribution in [3.05, 3.63) is 18.3 Å². The molecular weight excluding hydrogens is 302 g/mol. The molecule has 0 aliphatic rings. The predicted octanol–water partition coefficient (Wildman–Crippen LogP) is 1.54. The van der Waals surface area contributed by atoms with E-state index in [-0.39, 0.29) is 23.6 Å². The van der Waals surface area contributed by atoms with E-state index in [1.54, 1.807) is 23.9 Å². The molecule has 0 bridgehead atoms. The fourth-order valence-electron chi connectivity index (χ4n) is 1.78. The number of nitrogens with zero attached hydrogens (tertiary/aromatic N) is 4. The van der Waals surface area contributed by atoms with Crippen molar-refractivity contribution in [3.63, 3.8) is 0 Å². The van der Waals surface area contributed by atoms with Crippen LogP contribution in [0, 0.1) is 0 Å². The SMILES string of the molecule is CC(Sc1nc(N)cc(N)n1)C(=O)Nc1ccnn1C(C)C. The molecule has 118 valence electrons. The minimum atomic E-state index is -0.406. The number of carbonyl (C=O) groups is 1. The van der Waals surface area contributed by atoms with Crippen molar-refractivity contribution >= 4 is 35.1 Å². The van der Waals surface area contributed by atoms with Gasteiger partial charge < -0.3 is 16.8 Å². The molecule has 0 aliphatic heterocycles. The van der Waals surface area contributed by atoms with E-state index in [1.807, 2.05) is 13.8 Å². The number of thioether (sulfide) groups is 1. The minimum Gasteiger partial charge on any atom is -0.383 e. The Labute approximate surface area is 132 Å². The number of aromatic nitrogens is 4. The van der Waals surface area contributed by atoms with Gasteiger partial charge in [-0.15, -0.1) is 0 Å². The van der Waals surface area contributed by atoms with E-state index < -0.39 is 5.25 Å². The van der Waals surface area contributed by atoms with Crippen LogP contribution < -0.4 is 16.8 Å². The lowest BCUT2D eigenvalue weighted by Gasteiger charge is -2.14. The fourth-order valence-corrected chi connectivity index (χ4v) is 2.58. The number of nitrogens with two attached hydrogens (primary N) is 2. The van der Waals surface area contributed by atoms with Gasteiger partial charge in [0.25, 0.3) is 0 Å². The summed E-state index contributed by atoms with van der Waals surface area (Å²) in [7, 11) is 0. The lowest BCUT2D eigenvalue weighted by Crippen LogP contribution is -2.24. The normalized spacial score (nSPS) is 12.4. The van der Waals surface area contributed by atoms with Gasteiger partial charge in [-0.1, -0.05) is 11.8 Å². The zero-order chi connectivity index (χ0) is 16.3. The van der Waals surface area contributed by atoms with E-state index in [4.69, 9.17) is 11.5 Å². The highest BCUT2D eigenvalue weighted by molar-refractivity contribution is 8.00. The third kappa shape index (κ3) is 3.88. The molecule has 8 nitrogen and oxygen atoms in total. The number of hydrogen-bond donors (Lipinski definition) is 3. The molecule has 0 aromatic carbocycles. The highest BCUT2D eigenvalue weighted by atomic mass is 32.2. The first kappa shape index (κ1) is 16.1. The molecule has 0 radical (unpaired) electrons. The fraction of sp³-hybridized carbons (Fsp3) is 0.385. The van der Waals surface area contributed by atoms with Gasteiger partial charge in [0.05, 0.1) is 11.4 Å². The Morgan fingerprint density at radius 3 is 2.50 bits per heavy atom. The smallest absolute Gasteiger partial charge is 0.238 e. The summed E-state index contributed by atoms with van der Waals surface area (Å²) in [6.45, 7) is 5.74. The Kier molecular flexibility index (Phi) is 4.86. The highest BCUT2D eigenvalue weighted by Gasteiger charge is 2.18. The molecule has 2 rings (SSSR count). The van der Waals surface area contributed by atoms with Crippen molar-refractivity contribution in [1.29, 1.82) is 0 Å². The molecule has 0 fully saturated rings. The second-order valence-electron chi connectivity index (χ2n) is 5.00. The zero-order valence-electron chi connectivity index (χ0n) is 12.6. The van der Waals surface area contributed by atoms with Gasteiger partial charge in [-0.2, -0.15) is 5.10 Å². The Hall–Kier alpha value is -2.29. The zero-order valence-corrected chi connectivity index (χ0v) is 13.5. The minimum absolute atomic E-state index is 0.158. The Balaban J connectivity index is 2.04. The van der Waals surface area contributed by atoms with Crippen molar-refractivity contribution in [2.75, 3.05) is 16.8 Å². The van der Waals surface area contributed by atoms with Crippen molar-refractivity contribution in [1.82, 2.24) is 19.7 Å². The molecule has 2 heterocycles. The summed E-state index contributed by atoms with van der Waals surface area (Å²) >= 11 is 1.19. The van der Waals surface area contributed by atoms with Crippen LogP contribution in [0.1, 0.15) is 26.8 Å². The molecule has 0 saturated carbocycles. The van der Waals surface area contributed by atoms with Crippen LogP contribution in [0.5, 0.6) is 0 Å². The molecule has 9 heteroatoms. The molecule has 22 heavy (non-hydrogen) atoms. The molecule has 0 spiro atoms. The second kappa shape index (κ2) is 6.65. The van der Waals surface area contributed by atoms with Gasteiger partial charge in [-0.25, -0.2) is 14.6 Å². The molecule has 0 saturated heterocycles. The Morgan fingerprint density at radius 2 is 1.91 bits per heavy atom. The van der Waals surface area contributed by atoms with Crippen LogP contribution in [0.25, 0.3) is 0 Å². The van der Waals surface area contributed by atoms with E-state index in [0.29, 0.717) is 11.0 Å². The maximum absolute atomic E-state index is 12.3. The highest BCUT2D eigenvalue weighted by Crippen LogP contribution is 2.23. The number of anilines is 3. The number of nitrogens with one attached hydrogen (secondary N) is 1. The average molecular weight is 321 g/mol. The summed E-state index contributed by atoms with van der Waals surface area (Å²) < 4.78 is 1.74. The van der Waals surface area contributed by atoms with Gasteiger partial charge in [0.2, 0.25) is 5.91 Å². The quantitative estimate of drug-likeness (QED) is 0.563. The molecule has 0 aliphatic carbocycles. The van der Waals surface area contributed by atoms with Gasteiger partial charge in [0.15, 0.2) is 5.16 Å². The van der Waals surface area contributed by atoms with E-state index in [2.05, 4.69) is 20.4 Å². The molecule has 2 aromatic heterocycles. The van der Waals surface area contributed by atoms with Crippen LogP contribution in [-0.4, -0.2) is 30.9 Å². The van der Waals surface area contributed by atoms with Crippen LogP contribution in [0.3, 0.4) is 0 Å². The topological polar surface area (TPSA) is 125 Å². The van der Waals surface area contributed by atoms with Crippen molar-refractivity contribution in [2.45, 2.75) is 37.2 Å². The summed E-state index contributed by atoms with van der Waals surface area (Å²) in [6, 6.07) is 3.38. The Morgan fingerprint density at radius 1 is 1.27 bits per heavy atom. The van der Waals surface area contributed by atoms with Gasteiger partial charge in [0, 0.05) is 18.2 Å². The Bertz CT molecular complexity index is 650. The molecule has 1 atom stereocenters. The van der Waals surface area contributed by atoms with Crippen LogP contribution in [-0.2, 0) is 4.79 Å². The van der Waals surface area contributed by atoms with Gasteiger partial charge in [0.1, 0.15) is 17.5 Å². The van der Waals surface area contributed by atoms with Crippen LogP contribution in [0.2, 0.25) is 0 Å². The third-order valence-electron chi connectivity index (χ3n) is 2.81. The van der Waals surface area contributed by atoms with Crippen LogP contribution in [0.4, 0.5) is 17.5 Å². The molecular formula is C13H19N7OS. The molecule has 1 amide bonds. The number of rotatable bonds is 5. The van der Waals surface area contributed by atoms with E-state index >= 15 is 0 Å². The number of amides is 1. The van der Waals surface area contributed by atoms with Crippen LogP contribution in [0.15, 0.2) is 23.5 Å². The molecule has 5 N–H and O–H groups in total. The maximum Gasteiger partial charge on any atom is 0.238 e. The molecule has 1 unspecified atom stereocenters. The van der Waals surface area contributed by atoms with Gasteiger partial charge in [-0.05, 0) is 20.8 Å². The van der Waals surface area contributed by atoms with E-state index in [0.717, 1.165) is 0 Å². The lowest BCUT2D eigenvalue weighted by atomic mass is 10.4. The summed E-state index contributed by atoms with van der Waals surface area (Å²) in [5.41, 5.74) is 11.2. The average Bonchev–Trinajstić information content (AvgIpc) is 2.85. The summed E-state index contributed by atoms with van der Waals surface area (Å²) in [5, 5.41) is 6.98. The standard InChI is InChI=1S/C13H19N7OS/c1-7(2)20-11(4-5-16-20)19-12(21)8(3)22-13-17-9(14)6-10(15)18-13/h4-8H,1-3H3,(H,19,21)(H4,14,15,17,18). The van der Waals surface area contributed by atoms with E-state index in [1.165, 1.54) is 17.8 Å². The predicted molar refractivity (Wildman–Crippen MR) is 87.4 cm³/mol. The summed E-state index contributed by atoms with van der Waals surface area (Å²) in [4.78, 5) is 20.4. The first-order valence-electron chi connectivity index (χ1n) is 6.78. The number of nitrogen functional groups attached to an aromatic ring is 2. The number of carbonyl (C=O) groups excluding carboxylic acids is 1. The molecule has 2 aromatic rings. The number of hydrogen-bond acceptors (Lipinski definition) is 7. The van der Waals surface area contributed by atoms with Crippen molar-refractivity contribution in [3.8, 4) is 0 Å². The largest absolute Gasteiger partial charge is 0.383 e. The van der Waals surface area contributed by atoms with Gasteiger partial charge >= 0.3 is 0 Å². The van der Waals surface area contributed by atoms with Crippen LogP contribution >= 0.6 is 11.8 Å². The monoisotopic (exact) mass is 321 g/mol. The lowest BCUT2D eigenvalue weighted by molar-refractivity contribution is -0.115. The van der Waals surface area contributed by atoms with Crippen molar-refractivity contribution in [2.24, 2.45) is 0 Å². The van der Waals surface area contributed by atoms with Crippen molar-refractivity contribution < 1.29 is 4.79 Å². The summed E-state index contributed by atoms with van der Waals surface area (Å²) in [6.07, 6.45) is 1.65. The summed E-state index contributed by atoms with van der Waals surface area (Å²) in [5.74, 6) is 1.04. The maximum atomic E-state index is 12.3. The first-order valence-corrected chi connectivity index (χ1v) is 7.66. The third-order valence-corrected chi connectivity index (χ3v) is 3.77. The first-order chi connectivity index (χ1) is 10.4. The second-order valence-corrected chi connectivity index (χ2v) is 6.31. The van der Waals surface area contributed by atoms with Gasteiger partial charge in [-0.3, -0.25) is 4.79 Å².